The molecule has 152 valence electrons. The number of methoxy groups -OCH3 is 1. The van der Waals surface area contributed by atoms with Gasteiger partial charge in [0.1, 0.15) is 11.4 Å². The molecule has 0 spiro atoms. The SMILES string of the molecule is COc1ccc(S(=O)(=O)N2CC=C(c3cn(C(C)C)c4ncccc34)CC2)cc1. The summed E-state index contributed by atoms with van der Waals surface area (Å²) in [6.45, 7) is 5.08. The molecule has 0 saturated carbocycles. The van der Waals surface area contributed by atoms with Crippen LogP contribution >= 0.6 is 0 Å². The van der Waals surface area contributed by atoms with Crippen LogP contribution in [0.5, 0.6) is 5.75 Å². The maximum absolute atomic E-state index is 13.0. The molecule has 0 amide bonds. The van der Waals surface area contributed by atoms with Gasteiger partial charge in [0, 0.05) is 42.5 Å². The fourth-order valence-electron chi connectivity index (χ4n) is 3.74. The zero-order valence-corrected chi connectivity index (χ0v) is 17.7. The largest absolute Gasteiger partial charge is 0.497 e. The molecule has 2 aromatic heterocycles. The molecule has 0 saturated heterocycles. The van der Waals surface area contributed by atoms with Crippen LogP contribution in [0.1, 0.15) is 31.9 Å². The summed E-state index contributed by atoms with van der Waals surface area (Å²) in [6, 6.07) is 10.9. The van der Waals surface area contributed by atoms with E-state index in [-0.39, 0.29) is 4.90 Å². The van der Waals surface area contributed by atoms with Gasteiger partial charge < -0.3 is 9.30 Å². The van der Waals surface area contributed by atoms with Crippen molar-refractivity contribution in [3.8, 4) is 5.75 Å². The summed E-state index contributed by atoms with van der Waals surface area (Å²) in [5.41, 5.74) is 3.28. The molecular weight excluding hydrogens is 386 g/mol. The minimum atomic E-state index is -3.53. The number of rotatable bonds is 5. The van der Waals surface area contributed by atoms with Crippen molar-refractivity contribution in [2.24, 2.45) is 0 Å². The van der Waals surface area contributed by atoms with Crippen molar-refractivity contribution in [1.82, 2.24) is 13.9 Å². The molecule has 4 rings (SSSR count). The number of benzene rings is 1. The van der Waals surface area contributed by atoms with E-state index in [1.807, 2.05) is 18.3 Å². The monoisotopic (exact) mass is 411 g/mol. The van der Waals surface area contributed by atoms with E-state index in [0.29, 0.717) is 31.3 Å². The minimum absolute atomic E-state index is 0.288. The Labute approximate surface area is 171 Å². The van der Waals surface area contributed by atoms with Crippen molar-refractivity contribution in [3.05, 3.63) is 60.4 Å². The summed E-state index contributed by atoms with van der Waals surface area (Å²) in [4.78, 5) is 4.83. The van der Waals surface area contributed by atoms with E-state index in [0.717, 1.165) is 16.6 Å². The fourth-order valence-corrected chi connectivity index (χ4v) is 5.12. The molecule has 0 unspecified atom stereocenters. The van der Waals surface area contributed by atoms with E-state index < -0.39 is 10.0 Å². The molecule has 0 radical (unpaired) electrons. The van der Waals surface area contributed by atoms with E-state index >= 15 is 0 Å². The normalized spacial score (nSPS) is 15.7. The Bertz CT molecular complexity index is 1160. The van der Waals surface area contributed by atoms with Gasteiger partial charge in [-0.3, -0.25) is 0 Å². The van der Waals surface area contributed by atoms with E-state index in [9.17, 15) is 8.42 Å². The molecule has 0 fully saturated rings. The standard InChI is InChI=1S/C22H25N3O3S/c1-16(2)25-15-21(20-5-4-12-23-22(20)25)17-10-13-24(14-11-17)29(26,27)19-8-6-18(28-3)7-9-19/h4-10,12,15-16H,11,13-14H2,1-3H3. The average Bonchev–Trinajstić information content (AvgIpc) is 3.14. The second kappa shape index (κ2) is 7.65. The van der Waals surface area contributed by atoms with Crippen molar-refractivity contribution in [2.45, 2.75) is 31.2 Å². The van der Waals surface area contributed by atoms with Gasteiger partial charge in [0.05, 0.1) is 12.0 Å². The third kappa shape index (κ3) is 3.56. The fraction of sp³-hybridized carbons (Fsp3) is 0.318. The zero-order chi connectivity index (χ0) is 20.6. The Morgan fingerprint density at radius 3 is 2.52 bits per heavy atom. The van der Waals surface area contributed by atoms with Gasteiger partial charge in [0.15, 0.2) is 0 Å². The summed E-state index contributed by atoms with van der Waals surface area (Å²) >= 11 is 0. The molecule has 3 heterocycles. The summed E-state index contributed by atoms with van der Waals surface area (Å²) in [6.07, 6.45) is 6.64. The van der Waals surface area contributed by atoms with Gasteiger partial charge in [-0.2, -0.15) is 4.31 Å². The zero-order valence-electron chi connectivity index (χ0n) is 16.9. The predicted octanol–water partition coefficient (Wildman–Crippen LogP) is 4.10. The summed E-state index contributed by atoms with van der Waals surface area (Å²) < 4.78 is 34.8. The molecule has 1 aliphatic heterocycles. The number of hydrogen-bond donors (Lipinski definition) is 0. The first kappa shape index (κ1) is 19.7. The summed E-state index contributed by atoms with van der Waals surface area (Å²) in [5.74, 6) is 0.639. The smallest absolute Gasteiger partial charge is 0.243 e. The highest BCUT2D eigenvalue weighted by molar-refractivity contribution is 7.89. The molecule has 0 N–H and O–H groups in total. The Morgan fingerprint density at radius 2 is 1.90 bits per heavy atom. The average molecular weight is 412 g/mol. The molecule has 0 bridgehead atoms. The second-order valence-corrected chi connectivity index (χ2v) is 9.37. The van der Waals surface area contributed by atoms with Gasteiger partial charge in [-0.15, -0.1) is 0 Å². The molecule has 3 aromatic rings. The highest BCUT2D eigenvalue weighted by Crippen LogP contribution is 2.33. The van der Waals surface area contributed by atoms with Crippen LogP contribution in [0.2, 0.25) is 0 Å². The molecule has 29 heavy (non-hydrogen) atoms. The van der Waals surface area contributed by atoms with E-state index in [4.69, 9.17) is 4.74 Å². The quantitative estimate of drug-likeness (QED) is 0.634. The van der Waals surface area contributed by atoms with Gasteiger partial charge in [-0.1, -0.05) is 6.08 Å². The van der Waals surface area contributed by atoms with Gasteiger partial charge in [0.2, 0.25) is 10.0 Å². The number of fused-ring (bicyclic) bond motifs is 1. The Balaban J connectivity index is 1.62. The molecule has 0 atom stereocenters. The van der Waals surface area contributed by atoms with Crippen LogP contribution in [-0.4, -0.2) is 42.5 Å². The van der Waals surface area contributed by atoms with Crippen LogP contribution in [0.25, 0.3) is 16.6 Å². The van der Waals surface area contributed by atoms with Crippen LogP contribution < -0.4 is 4.74 Å². The first-order valence-electron chi connectivity index (χ1n) is 9.71. The first-order valence-corrected chi connectivity index (χ1v) is 11.1. The number of hydrogen-bond acceptors (Lipinski definition) is 4. The molecule has 6 nitrogen and oxygen atoms in total. The van der Waals surface area contributed by atoms with Crippen LogP contribution in [0.3, 0.4) is 0 Å². The maximum Gasteiger partial charge on any atom is 0.243 e. The number of ether oxygens (including phenoxy) is 1. The third-order valence-electron chi connectivity index (χ3n) is 5.36. The van der Waals surface area contributed by atoms with E-state index in [1.165, 1.54) is 9.88 Å². The Hall–Kier alpha value is -2.64. The number of sulfonamides is 1. The number of aromatic nitrogens is 2. The Kier molecular flexibility index (Phi) is 5.19. The van der Waals surface area contributed by atoms with E-state index in [2.05, 4.69) is 35.7 Å². The predicted molar refractivity (Wildman–Crippen MR) is 114 cm³/mol. The topological polar surface area (TPSA) is 64.4 Å². The first-order chi connectivity index (χ1) is 13.9. The van der Waals surface area contributed by atoms with Crippen LogP contribution in [0, 0.1) is 0 Å². The number of nitrogens with zero attached hydrogens (tertiary/aromatic N) is 3. The van der Waals surface area contributed by atoms with Crippen molar-refractivity contribution < 1.29 is 13.2 Å². The highest BCUT2D eigenvalue weighted by atomic mass is 32.2. The molecule has 1 aliphatic rings. The summed E-state index contributed by atoms with van der Waals surface area (Å²) in [5, 5.41) is 1.11. The number of pyridine rings is 1. The lowest BCUT2D eigenvalue weighted by molar-refractivity contribution is 0.414. The highest BCUT2D eigenvalue weighted by Gasteiger charge is 2.27. The second-order valence-electron chi connectivity index (χ2n) is 7.44. The van der Waals surface area contributed by atoms with Crippen molar-refractivity contribution in [1.29, 1.82) is 0 Å². The van der Waals surface area contributed by atoms with E-state index in [1.54, 1.807) is 31.4 Å². The minimum Gasteiger partial charge on any atom is -0.497 e. The van der Waals surface area contributed by atoms with Gasteiger partial charge in [-0.05, 0) is 62.2 Å². The lowest BCUT2D eigenvalue weighted by atomic mass is 10.0. The Morgan fingerprint density at radius 1 is 1.14 bits per heavy atom. The van der Waals surface area contributed by atoms with Crippen molar-refractivity contribution >= 4 is 26.6 Å². The maximum atomic E-state index is 13.0. The summed E-state index contributed by atoms with van der Waals surface area (Å²) in [7, 11) is -1.97. The van der Waals surface area contributed by atoms with Gasteiger partial charge in [-0.25, -0.2) is 13.4 Å². The third-order valence-corrected chi connectivity index (χ3v) is 7.24. The van der Waals surface area contributed by atoms with Crippen LogP contribution in [0.15, 0.2) is 59.8 Å². The molecular formula is C22H25N3O3S. The lowest BCUT2D eigenvalue weighted by Gasteiger charge is -2.26. The van der Waals surface area contributed by atoms with Crippen molar-refractivity contribution in [3.63, 3.8) is 0 Å². The molecule has 1 aromatic carbocycles. The van der Waals surface area contributed by atoms with Crippen molar-refractivity contribution in [2.75, 3.05) is 20.2 Å². The van der Waals surface area contributed by atoms with Gasteiger partial charge in [0.25, 0.3) is 0 Å². The molecule has 7 heteroatoms. The lowest BCUT2D eigenvalue weighted by Crippen LogP contribution is -2.34. The van der Waals surface area contributed by atoms with Crippen LogP contribution in [-0.2, 0) is 10.0 Å². The van der Waals surface area contributed by atoms with Crippen LogP contribution in [0.4, 0.5) is 0 Å². The molecule has 0 aliphatic carbocycles. The van der Waals surface area contributed by atoms with Gasteiger partial charge >= 0.3 is 0 Å².